The predicted molar refractivity (Wildman–Crippen MR) is 100 cm³/mol. The van der Waals surface area contributed by atoms with Crippen LogP contribution in [-0.2, 0) is 4.79 Å². The number of carbonyl (C=O) groups is 1. The van der Waals surface area contributed by atoms with Gasteiger partial charge >= 0.3 is 0 Å². The fourth-order valence-corrected chi connectivity index (χ4v) is 4.35. The van der Waals surface area contributed by atoms with Crippen molar-refractivity contribution in [2.24, 2.45) is 5.73 Å². The van der Waals surface area contributed by atoms with Crippen LogP contribution in [0.3, 0.4) is 0 Å². The maximum Gasteiger partial charge on any atom is 0.259 e. The summed E-state index contributed by atoms with van der Waals surface area (Å²) < 4.78 is 0. The van der Waals surface area contributed by atoms with Gasteiger partial charge in [-0.05, 0) is 18.9 Å². The SMILES string of the molecule is N[C@@H]1CCCC[C@H]1NC(=O)C1=CN(c2ncnc3[nH]ccc23)CCS1. The Labute approximate surface area is 150 Å². The molecule has 1 aliphatic heterocycles. The number of hydrogen-bond donors (Lipinski definition) is 3. The number of fused-ring (bicyclic) bond motifs is 1. The van der Waals surface area contributed by atoms with Gasteiger partial charge in [0.05, 0.1) is 10.3 Å². The Hall–Kier alpha value is -2.06. The minimum atomic E-state index is -0.0311. The molecule has 132 valence electrons. The van der Waals surface area contributed by atoms with Crippen molar-refractivity contribution < 1.29 is 4.79 Å². The first kappa shape index (κ1) is 16.4. The van der Waals surface area contributed by atoms with Crippen LogP contribution in [0.15, 0.2) is 29.7 Å². The first-order valence-corrected chi connectivity index (χ1v) is 9.67. The van der Waals surface area contributed by atoms with E-state index in [0.29, 0.717) is 4.91 Å². The van der Waals surface area contributed by atoms with Gasteiger partial charge in [-0.15, -0.1) is 11.8 Å². The van der Waals surface area contributed by atoms with Crippen LogP contribution < -0.4 is 16.0 Å². The van der Waals surface area contributed by atoms with E-state index in [9.17, 15) is 4.79 Å². The molecule has 8 heteroatoms. The highest BCUT2D eigenvalue weighted by molar-refractivity contribution is 8.04. The zero-order valence-corrected chi connectivity index (χ0v) is 14.8. The molecular weight excluding hydrogens is 336 g/mol. The fraction of sp³-hybridized carbons (Fsp3) is 0.471. The number of amides is 1. The van der Waals surface area contributed by atoms with Crippen molar-refractivity contribution in [2.75, 3.05) is 17.2 Å². The Bertz CT molecular complexity index is 803. The molecule has 1 saturated carbocycles. The van der Waals surface area contributed by atoms with Gasteiger partial charge in [-0.1, -0.05) is 12.8 Å². The molecule has 4 N–H and O–H groups in total. The number of rotatable bonds is 3. The third-order valence-electron chi connectivity index (χ3n) is 4.83. The minimum absolute atomic E-state index is 0.0311. The van der Waals surface area contributed by atoms with E-state index in [1.807, 2.05) is 23.4 Å². The van der Waals surface area contributed by atoms with E-state index in [1.165, 1.54) is 0 Å². The smallest absolute Gasteiger partial charge is 0.259 e. The van der Waals surface area contributed by atoms with E-state index >= 15 is 0 Å². The lowest BCUT2D eigenvalue weighted by Gasteiger charge is -2.31. The summed E-state index contributed by atoms with van der Waals surface area (Å²) in [6.07, 6.45) is 9.52. The van der Waals surface area contributed by atoms with Gasteiger partial charge in [-0.25, -0.2) is 9.97 Å². The molecule has 1 amide bonds. The number of carbonyl (C=O) groups excluding carboxylic acids is 1. The zero-order chi connectivity index (χ0) is 17.2. The van der Waals surface area contributed by atoms with Gasteiger partial charge in [0.1, 0.15) is 17.8 Å². The second-order valence-electron chi connectivity index (χ2n) is 6.50. The van der Waals surface area contributed by atoms with Crippen molar-refractivity contribution in [1.82, 2.24) is 20.3 Å². The maximum atomic E-state index is 12.7. The molecule has 1 aliphatic carbocycles. The lowest BCUT2D eigenvalue weighted by Crippen LogP contribution is -2.49. The Morgan fingerprint density at radius 1 is 1.36 bits per heavy atom. The van der Waals surface area contributed by atoms with Gasteiger partial charge < -0.3 is 20.9 Å². The van der Waals surface area contributed by atoms with E-state index in [4.69, 9.17) is 5.73 Å². The number of nitrogens with zero attached hydrogens (tertiary/aromatic N) is 3. The average Bonchev–Trinajstić information content (AvgIpc) is 3.12. The molecule has 2 aromatic rings. The summed E-state index contributed by atoms with van der Waals surface area (Å²) in [6.45, 7) is 0.807. The maximum absolute atomic E-state index is 12.7. The summed E-state index contributed by atoms with van der Waals surface area (Å²) in [5.41, 5.74) is 6.96. The molecule has 0 aromatic carbocycles. The summed E-state index contributed by atoms with van der Waals surface area (Å²) in [5.74, 6) is 1.63. The fourth-order valence-electron chi connectivity index (χ4n) is 3.45. The second-order valence-corrected chi connectivity index (χ2v) is 7.64. The largest absolute Gasteiger partial charge is 0.347 e. The molecule has 0 radical (unpaired) electrons. The number of aromatic nitrogens is 3. The highest BCUT2D eigenvalue weighted by Gasteiger charge is 2.26. The van der Waals surface area contributed by atoms with Gasteiger partial charge in [0.2, 0.25) is 0 Å². The van der Waals surface area contributed by atoms with Gasteiger partial charge in [-0.3, -0.25) is 4.79 Å². The van der Waals surface area contributed by atoms with E-state index in [0.717, 1.165) is 54.8 Å². The highest BCUT2D eigenvalue weighted by Crippen LogP contribution is 2.29. The van der Waals surface area contributed by atoms with Gasteiger partial charge in [-0.2, -0.15) is 0 Å². The molecule has 4 rings (SSSR count). The number of nitrogens with one attached hydrogen (secondary N) is 2. The average molecular weight is 358 g/mol. The summed E-state index contributed by atoms with van der Waals surface area (Å²) in [4.78, 5) is 27.2. The van der Waals surface area contributed by atoms with E-state index < -0.39 is 0 Å². The lowest BCUT2D eigenvalue weighted by molar-refractivity contribution is -0.117. The molecule has 2 atom stereocenters. The Morgan fingerprint density at radius 3 is 3.12 bits per heavy atom. The number of anilines is 1. The quantitative estimate of drug-likeness (QED) is 0.773. The third kappa shape index (κ3) is 3.36. The predicted octanol–water partition coefficient (Wildman–Crippen LogP) is 1.74. The van der Waals surface area contributed by atoms with Gasteiger partial charge in [0.25, 0.3) is 5.91 Å². The summed E-state index contributed by atoms with van der Waals surface area (Å²) >= 11 is 1.58. The Kier molecular flexibility index (Phi) is 4.63. The second kappa shape index (κ2) is 7.05. The van der Waals surface area contributed by atoms with Crippen LogP contribution in [0.1, 0.15) is 25.7 Å². The summed E-state index contributed by atoms with van der Waals surface area (Å²) in [7, 11) is 0. The van der Waals surface area contributed by atoms with E-state index in [1.54, 1.807) is 18.1 Å². The third-order valence-corrected chi connectivity index (χ3v) is 5.82. The van der Waals surface area contributed by atoms with E-state index in [-0.39, 0.29) is 18.0 Å². The van der Waals surface area contributed by atoms with Crippen LogP contribution in [0, 0.1) is 0 Å². The van der Waals surface area contributed by atoms with Crippen LogP contribution >= 0.6 is 11.8 Å². The Morgan fingerprint density at radius 2 is 2.24 bits per heavy atom. The molecular formula is C17H22N6OS. The molecule has 0 bridgehead atoms. The normalized spacial score (nSPS) is 24.2. The van der Waals surface area contributed by atoms with Crippen LogP contribution in [0.4, 0.5) is 5.82 Å². The summed E-state index contributed by atoms with van der Waals surface area (Å²) in [5, 5.41) is 4.08. The standard InChI is InChI=1S/C17H22N6OS/c18-12-3-1-2-4-13(12)22-17(24)14-9-23(7-8-25-14)16-11-5-6-19-15(11)20-10-21-16/h5-6,9-10,12-13H,1-4,7-8,18H2,(H,22,24)(H,19,20,21)/t12-,13-/m1/s1. The van der Waals surface area contributed by atoms with Crippen molar-refractivity contribution in [3.05, 3.63) is 29.7 Å². The van der Waals surface area contributed by atoms with Crippen LogP contribution in [-0.4, -0.2) is 45.2 Å². The van der Waals surface area contributed by atoms with Crippen LogP contribution in [0.25, 0.3) is 11.0 Å². The van der Waals surface area contributed by atoms with E-state index in [2.05, 4.69) is 20.3 Å². The lowest BCUT2D eigenvalue weighted by atomic mass is 9.91. The molecule has 7 nitrogen and oxygen atoms in total. The molecule has 0 unspecified atom stereocenters. The molecule has 25 heavy (non-hydrogen) atoms. The molecule has 1 fully saturated rings. The van der Waals surface area contributed by atoms with Crippen molar-refractivity contribution in [3.63, 3.8) is 0 Å². The first-order valence-electron chi connectivity index (χ1n) is 8.68. The Balaban J connectivity index is 1.54. The van der Waals surface area contributed by atoms with Crippen LogP contribution in [0.5, 0.6) is 0 Å². The molecule has 0 spiro atoms. The van der Waals surface area contributed by atoms with Crippen molar-refractivity contribution in [1.29, 1.82) is 0 Å². The van der Waals surface area contributed by atoms with Crippen molar-refractivity contribution in [2.45, 2.75) is 37.8 Å². The monoisotopic (exact) mass is 358 g/mol. The molecule has 3 heterocycles. The van der Waals surface area contributed by atoms with Crippen LogP contribution in [0.2, 0.25) is 0 Å². The minimum Gasteiger partial charge on any atom is -0.347 e. The van der Waals surface area contributed by atoms with Crippen molar-refractivity contribution >= 4 is 34.5 Å². The molecule has 2 aromatic heterocycles. The highest BCUT2D eigenvalue weighted by atomic mass is 32.2. The number of hydrogen-bond acceptors (Lipinski definition) is 6. The zero-order valence-electron chi connectivity index (χ0n) is 13.9. The number of thioether (sulfide) groups is 1. The topological polar surface area (TPSA) is 99.9 Å². The number of H-pyrrole nitrogens is 1. The van der Waals surface area contributed by atoms with Gasteiger partial charge in [0, 0.05) is 36.8 Å². The summed E-state index contributed by atoms with van der Waals surface area (Å²) in [6, 6.07) is 2.10. The van der Waals surface area contributed by atoms with Gasteiger partial charge in [0.15, 0.2) is 0 Å². The first-order chi connectivity index (χ1) is 12.2. The number of aromatic amines is 1. The molecule has 0 saturated heterocycles. The van der Waals surface area contributed by atoms with Crippen molar-refractivity contribution in [3.8, 4) is 0 Å². The number of nitrogens with two attached hydrogens (primary N) is 1. The molecule has 2 aliphatic rings.